The lowest BCUT2D eigenvalue weighted by atomic mass is 10.3. The second-order valence-corrected chi connectivity index (χ2v) is 3.55. The molecule has 1 N–H and O–H groups in total. The smallest absolute Gasteiger partial charge is 0.166 e. The molecule has 1 heterocycles. The first-order chi connectivity index (χ1) is 6.70. The first-order valence-corrected chi connectivity index (χ1v) is 4.61. The maximum Gasteiger partial charge on any atom is 0.166 e. The second kappa shape index (κ2) is 3.43. The first-order valence-electron chi connectivity index (χ1n) is 4.23. The van der Waals surface area contributed by atoms with Crippen molar-refractivity contribution in [2.24, 2.45) is 0 Å². The highest BCUT2D eigenvalue weighted by Gasteiger charge is 2.23. The van der Waals surface area contributed by atoms with Gasteiger partial charge in [-0.25, -0.2) is 9.37 Å². The summed E-state index contributed by atoms with van der Waals surface area (Å²) in [7, 11) is 0. The Morgan fingerprint density at radius 3 is 2.93 bits per heavy atom. The molecular formula is C9H7ClFN3. The van der Waals surface area contributed by atoms with E-state index in [9.17, 15) is 4.39 Å². The molecule has 0 saturated heterocycles. The van der Waals surface area contributed by atoms with Crippen molar-refractivity contribution in [3.63, 3.8) is 0 Å². The van der Waals surface area contributed by atoms with Crippen LogP contribution < -0.4 is 5.32 Å². The molecule has 1 saturated carbocycles. The molecule has 1 aromatic rings. The van der Waals surface area contributed by atoms with Crippen LogP contribution in [0.25, 0.3) is 0 Å². The summed E-state index contributed by atoms with van der Waals surface area (Å²) in [5, 5.41) is 11.5. The Hall–Kier alpha value is -1.34. The average Bonchev–Trinajstić information content (AvgIpc) is 2.94. The lowest BCUT2D eigenvalue weighted by molar-refractivity contribution is 0.623. The Balaban J connectivity index is 2.32. The molecule has 1 aliphatic carbocycles. The molecule has 0 aromatic carbocycles. The average molecular weight is 212 g/mol. The third-order valence-electron chi connectivity index (χ3n) is 1.97. The van der Waals surface area contributed by atoms with E-state index in [-0.39, 0.29) is 16.5 Å². The minimum Gasteiger partial charge on any atom is -0.365 e. The van der Waals surface area contributed by atoms with E-state index in [2.05, 4.69) is 10.3 Å². The van der Waals surface area contributed by atoms with Gasteiger partial charge in [0.1, 0.15) is 11.2 Å². The fraction of sp³-hybridized carbons (Fsp3) is 0.333. The third kappa shape index (κ3) is 1.78. The van der Waals surface area contributed by atoms with E-state index in [1.807, 2.05) is 0 Å². The molecule has 0 amide bonds. The molecule has 0 spiro atoms. The second-order valence-electron chi connectivity index (χ2n) is 3.19. The van der Waals surface area contributed by atoms with Gasteiger partial charge in [-0.05, 0) is 18.9 Å². The van der Waals surface area contributed by atoms with Gasteiger partial charge in [0.05, 0.1) is 5.56 Å². The lowest BCUT2D eigenvalue weighted by Gasteiger charge is -2.05. The van der Waals surface area contributed by atoms with E-state index in [4.69, 9.17) is 16.9 Å². The zero-order chi connectivity index (χ0) is 10.1. The Bertz CT molecular complexity index is 409. The van der Waals surface area contributed by atoms with Crippen LogP contribution >= 0.6 is 11.6 Å². The number of nitriles is 1. The van der Waals surface area contributed by atoms with Crippen LogP contribution in [0.1, 0.15) is 18.4 Å². The van der Waals surface area contributed by atoms with Crippen molar-refractivity contribution in [3.05, 3.63) is 22.6 Å². The van der Waals surface area contributed by atoms with Crippen LogP contribution in [0.15, 0.2) is 6.07 Å². The van der Waals surface area contributed by atoms with Crippen molar-refractivity contribution >= 4 is 17.4 Å². The molecule has 14 heavy (non-hydrogen) atoms. The number of nitrogens with one attached hydrogen (secondary N) is 1. The van der Waals surface area contributed by atoms with Crippen LogP contribution in [0.5, 0.6) is 0 Å². The molecule has 72 valence electrons. The lowest BCUT2D eigenvalue weighted by Crippen LogP contribution is -2.06. The number of anilines is 1. The molecule has 0 unspecified atom stereocenters. The summed E-state index contributed by atoms with van der Waals surface area (Å²) in [6.45, 7) is 0. The third-order valence-corrected chi connectivity index (χ3v) is 2.26. The van der Waals surface area contributed by atoms with Crippen LogP contribution in [0, 0.1) is 17.1 Å². The first kappa shape index (κ1) is 9.22. The highest BCUT2D eigenvalue weighted by atomic mass is 35.5. The number of nitrogens with zero attached hydrogens (tertiary/aromatic N) is 2. The maximum absolute atomic E-state index is 13.3. The topological polar surface area (TPSA) is 48.7 Å². The quantitative estimate of drug-likeness (QED) is 0.764. The normalized spacial score (nSPS) is 14.9. The van der Waals surface area contributed by atoms with Crippen LogP contribution in [0.2, 0.25) is 5.15 Å². The SMILES string of the molecule is N#Cc1cc(F)c(NC2CC2)nc1Cl. The van der Waals surface area contributed by atoms with Gasteiger partial charge in [0, 0.05) is 6.04 Å². The largest absolute Gasteiger partial charge is 0.365 e. The van der Waals surface area contributed by atoms with Crippen molar-refractivity contribution in [1.29, 1.82) is 5.26 Å². The summed E-state index contributed by atoms with van der Waals surface area (Å²) in [6.07, 6.45) is 2.05. The van der Waals surface area contributed by atoms with Gasteiger partial charge in [-0.3, -0.25) is 0 Å². The Kier molecular flexibility index (Phi) is 2.26. The Morgan fingerprint density at radius 2 is 2.36 bits per heavy atom. The molecule has 1 fully saturated rings. The van der Waals surface area contributed by atoms with Gasteiger partial charge in [0.2, 0.25) is 0 Å². The summed E-state index contributed by atoms with van der Waals surface area (Å²) in [5.74, 6) is -0.394. The van der Waals surface area contributed by atoms with Crippen molar-refractivity contribution in [2.45, 2.75) is 18.9 Å². The van der Waals surface area contributed by atoms with E-state index in [0.717, 1.165) is 18.9 Å². The molecule has 0 bridgehead atoms. The zero-order valence-corrected chi connectivity index (χ0v) is 7.98. The Morgan fingerprint density at radius 1 is 1.64 bits per heavy atom. The fourth-order valence-corrected chi connectivity index (χ4v) is 1.25. The van der Waals surface area contributed by atoms with Crippen LogP contribution in [-0.4, -0.2) is 11.0 Å². The number of hydrogen-bond acceptors (Lipinski definition) is 3. The van der Waals surface area contributed by atoms with Crippen LogP contribution in [0.3, 0.4) is 0 Å². The fourth-order valence-electron chi connectivity index (χ4n) is 1.07. The van der Waals surface area contributed by atoms with Crippen molar-refractivity contribution in [3.8, 4) is 6.07 Å². The summed E-state index contributed by atoms with van der Waals surface area (Å²) < 4.78 is 13.3. The monoisotopic (exact) mass is 211 g/mol. The molecule has 3 nitrogen and oxygen atoms in total. The van der Waals surface area contributed by atoms with E-state index < -0.39 is 5.82 Å². The van der Waals surface area contributed by atoms with Crippen LogP contribution in [-0.2, 0) is 0 Å². The number of halogens is 2. The standard InChI is InChI=1S/C9H7ClFN3/c10-8-5(4-12)3-7(11)9(14-8)13-6-1-2-6/h3,6H,1-2H2,(H,13,14). The van der Waals surface area contributed by atoms with Gasteiger partial charge in [0.25, 0.3) is 0 Å². The molecule has 1 aliphatic rings. The molecule has 0 aliphatic heterocycles. The van der Waals surface area contributed by atoms with Gasteiger partial charge >= 0.3 is 0 Å². The van der Waals surface area contributed by atoms with Gasteiger partial charge in [-0.2, -0.15) is 5.26 Å². The molecule has 5 heteroatoms. The van der Waals surface area contributed by atoms with Crippen molar-refractivity contribution < 1.29 is 4.39 Å². The zero-order valence-electron chi connectivity index (χ0n) is 7.22. The highest BCUT2D eigenvalue weighted by molar-refractivity contribution is 6.30. The molecule has 1 aromatic heterocycles. The minimum absolute atomic E-state index is 0.0389. The van der Waals surface area contributed by atoms with Crippen molar-refractivity contribution in [1.82, 2.24) is 4.98 Å². The molecule has 2 rings (SSSR count). The number of hydrogen-bond donors (Lipinski definition) is 1. The van der Waals surface area contributed by atoms with Gasteiger partial charge in [-0.1, -0.05) is 11.6 Å². The van der Waals surface area contributed by atoms with E-state index >= 15 is 0 Å². The summed E-state index contributed by atoms with van der Waals surface area (Å²) in [4.78, 5) is 3.78. The number of aromatic nitrogens is 1. The van der Waals surface area contributed by atoms with Gasteiger partial charge in [0.15, 0.2) is 11.6 Å². The van der Waals surface area contributed by atoms with Crippen molar-refractivity contribution in [2.75, 3.05) is 5.32 Å². The Labute approximate surface area is 85.5 Å². The predicted octanol–water partition coefficient (Wildman–Crippen LogP) is 2.32. The van der Waals surface area contributed by atoms with Crippen LogP contribution in [0.4, 0.5) is 10.2 Å². The van der Waals surface area contributed by atoms with Gasteiger partial charge in [-0.15, -0.1) is 0 Å². The maximum atomic E-state index is 13.3. The molecular weight excluding hydrogens is 205 g/mol. The number of pyridine rings is 1. The summed E-state index contributed by atoms with van der Waals surface area (Å²) in [5.41, 5.74) is 0.0607. The van der Waals surface area contributed by atoms with E-state index in [1.165, 1.54) is 0 Å². The molecule has 0 atom stereocenters. The van der Waals surface area contributed by atoms with Gasteiger partial charge < -0.3 is 5.32 Å². The van der Waals surface area contributed by atoms with E-state index in [1.54, 1.807) is 6.07 Å². The predicted molar refractivity (Wildman–Crippen MR) is 50.6 cm³/mol. The number of rotatable bonds is 2. The summed E-state index contributed by atoms with van der Waals surface area (Å²) >= 11 is 5.67. The highest BCUT2D eigenvalue weighted by Crippen LogP contribution is 2.27. The summed E-state index contributed by atoms with van der Waals surface area (Å²) in [6, 6.07) is 3.17. The molecule has 0 radical (unpaired) electrons. The minimum atomic E-state index is -0.530. The van der Waals surface area contributed by atoms with E-state index in [0.29, 0.717) is 6.04 Å².